The minimum Gasteiger partial charge on any atom is -0.356 e. The first-order valence-electron chi connectivity index (χ1n) is 9.03. The summed E-state index contributed by atoms with van der Waals surface area (Å²) in [7, 11) is 0. The molecule has 8 heteroatoms. The van der Waals surface area contributed by atoms with Gasteiger partial charge >= 0.3 is 0 Å². The number of hydrogen-bond acceptors (Lipinski definition) is 5. The molecule has 1 saturated carbocycles. The van der Waals surface area contributed by atoms with E-state index < -0.39 is 0 Å². The van der Waals surface area contributed by atoms with Crippen molar-refractivity contribution in [2.24, 2.45) is 11.1 Å². The van der Waals surface area contributed by atoms with Crippen LogP contribution in [0.3, 0.4) is 0 Å². The van der Waals surface area contributed by atoms with Crippen LogP contribution in [0.1, 0.15) is 43.5 Å². The molecule has 27 heavy (non-hydrogen) atoms. The van der Waals surface area contributed by atoms with Gasteiger partial charge in [0, 0.05) is 31.0 Å². The Kier molecular flexibility index (Phi) is 10.2. The highest BCUT2D eigenvalue weighted by Crippen LogP contribution is 2.38. The minimum absolute atomic E-state index is 0. The van der Waals surface area contributed by atoms with Gasteiger partial charge in [-0.25, -0.2) is 4.98 Å². The molecule has 0 spiro atoms. The van der Waals surface area contributed by atoms with E-state index in [1.54, 1.807) is 17.5 Å². The van der Waals surface area contributed by atoms with Crippen LogP contribution in [0.25, 0.3) is 11.4 Å². The smallest absolute Gasteiger partial charge is 0.220 e. The van der Waals surface area contributed by atoms with Gasteiger partial charge in [0.25, 0.3) is 0 Å². The van der Waals surface area contributed by atoms with Crippen molar-refractivity contribution in [2.45, 2.75) is 44.9 Å². The van der Waals surface area contributed by atoms with Crippen LogP contribution < -0.4 is 11.1 Å². The van der Waals surface area contributed by atoms with Gasteiger partial charge in [-0.3, -0.25) is 9.78 Å². The summed E-state index contributed by atoms with van der Waals surface area (Å²) in [6, 6.07) is 5.81. The molecule has 2 aromatic heterocycles. The van der Waals surface area contributed by atoms with Crippen LogP contribution in [-0.2, 0) is 11.2 Å². The van der Waals surface area contributed by atoms with Crippen LogP contribution in [-0.4, -0.2) is 29.0 Å². The molecule has 0 radical (unpaired) electrons. The zero-order valence-corrected chi connectivity index (χ0v) is 17.8. The number of amides is 1. The van der Waals surface area contributed by atoms with Crippen LogP contribution >= 0.6 is 36.2 Å². The van der Waals surface area contributed by atoms with Crippen molar-refractivity contribution in [3.05, 3.63) is 34.8 Å². The first kappa shape index (κ1) is 23.8. The molecule has 0 atom stereocenters. The second kappa shape index (κ2) is 11.6. The maximum Gasteiger partial charge on any atom is 0.220 e. The van der Waals surface area contributed by atoms with Gasteiger partial charge in [-0.15, -0.1) is 36.2 Å². The Bertz CT molecular complexity index is 690. The monoisotopic (exact) mass is 430 g/mol. The highest BCUT2D eigenvalue weighted by molar-refractivity contribution is 7.09. The standard InChI is InChI=1S/C19H26N4OS.2ClH/c20-14-19(8-3-1-4-9-19)12-17(24)22-11-7-18-23-16(13-25-18)15-6-2-5-10-21-15;;/h2,5-6,10,13H,1,3-4,7-9,11-12,14,20H2,(H,22,24);2*1H. The number of pyridine rings is 1. The Hall–Kier alpha value is -1.21. The van der Waals surface area contributed by atoms with Crippen molar-refractivity contribution in [1.29, 1.82) is 0 Å². The number of rotatable bonds is 7. The minimum atomic E-state index is 0. The van der Waals surface area contributed by atoms with E-state index in [4.69, 9.17) is 5.73 Å². The third-order valence-electron chi connectivity index (χ3n) is 5.02. The third kappa shape index (κ3) is 6.71. The molecule has 0 aromatic carbocycles. The quantitative estimate of drug-likeness (QED) is 0.694. The average molecular weight is 431 g/mol. The molecule has 3 N–H and O–H groups in total. The van der Waals surface area contributed by atoms with E-state index in [1.165, 1.54) is 19.3 Å². The van der Waals surface area contributed by atoms with Crippen molar-refractivity contribution < 1.29 is 4.79 Å². The van der Waals surface area contributed by atoms with Crippen LogP contribution in [0.5, 0.6) is 0 Å². The van der Waals surface area contributed by atoms with Gasteiger partial charge in [-0.05, 0) is 36.9 Å². The molecular weight excluding hydrogens is 403 g/mol. The fourth-order valence-corrected chi connectivity index (χ4v) is 4.32. The topological polar surface area (TPSA) is 80.9 Å². The number of nitrogens with two attached hydrogens (primary N) is 1. The summed E-state index contributed by atoms with van der Waals surface area (Å²) in [6.07, 6.45) is 8.89. The maximum absolute atomic E-state index is 12.3. The molecule has 1 amide bonds. The van der Waals surface area contributed by atoms with E-state index in [2.05, 4.69) is 15.3 Å². The van der Waals surface area contributed by atoms with Crippen LogP contribution in [0, 0.1) is 5.41 Å². The number of halogens is 2. The fraction of sp³-hybridized carbons (Fsp3) is 0.526. The molecule has 1 aliphatic carbocycles. The lowest BCUT2D eigenvalue weighted by Crippen LogP contribution is -2.39. The molecule has 1 aliphatic rings. The summed E-state index contributed by atoms with van der Waals surface area (Å²) in [4.78, 5) is 21.2. The molecule has 0 bridgehead atoms. The number of carbonyl (C=O) groups is 1. The Morgan fingerprint density at radius 2 is 1.96 bits per heavy atom. The first-order chi connectivity index (χ1) is 12.2. The molecule has 150 valence electrons. The van der Waals surface area contributed by atoms with E-state index >= 15 is 0 Å². The van der Waals surface area contributed by atoms with Crippen molar-refractivity contribution in [1.82, 2.24) is 15.3 Å². The summed E-state index contributed by atoms with van der Waals surface area (Å²) in [5, 5.41) is 6.08. The average Bonchev–Trinajstić information content (AvgIpc) is 3.12. The normalized spacial score (nSPS) is 15.3. The Labute approximate surface area is 177 Å². The van der Waals surface area contributed by atoms with Crippen molar-refractivity contribution in [3.8, 4) is 11.4 Å². The van der Waals surface area contributed by atoms with Crippen LogP contribution in [0.4, 0.5) is 0 Å². The number of thiazole rings is 1. The van der Waals surface area contributed by atoms with Crippen molar-refractivity contribution in [2.75, 3.05) is 13.1 Å². The summed E-state index contributed by atoms with van der Waals surface area (Å²) in [5.74, 6) is 0.119. The lowest BCUT2D eigenvalue weighted by atomic mass is 9.71. The van der Waals surface area contributed by atoms with E-state index in [0.717, 1.165) is 35.7 Å². The number of carbonyl (C=O) groups excluding carboxylic acids is 1. The van der Waals surface area contributed by atoms with E-state index in [1.807, 2.05) is 23.6 Å². The van der Waals surface area contributed by atoms with E-state index in [0.29, 0.717) is 19.5 Å². The number of nitrogens with one attached hydrogen (secondary N) is 1. The molecular formula is C19H28Cl2N4OS. The SMILES string of the molecule is Cl.Cl.NCC1(CC(=O)NCCc2nc(-c3ccccn3)cs2)CCCCC1. The van der Waals surface area contributed by atoms with Crippen molar-refractivity contribution >= 4 is 42.1 Å². The zero-order valence-electron chi connectivity index (χ0n) is 15.4. The molecule has 5 nitrogen and oxygen atoms in total. The molecule has 2 heterocycles. The van der Waals surface area contributed by atoms with Gasteiger partial charge in [0.2, 0.25) is 5.91 Å². The Morgan fingerprint density at radius 1 is 1.19 bits per heavy atom. The number of nitrogens with zero attached hydrogens (tertiary/aromatic N) is 2. The van der Waals surface area contributed by atoms with Gasteiger partial charge in [0.05, 0.1) is 16.4 Å². The van der Waals surface area contributed by atoms with Crippen LogP contribution in [0.15, 0.2) is 29.8 Å². The number of aromatic nitrogens is 2. The predicted molar refractivity (Wildman–Crippen MR) is 116 cm³/mol. The lowest BCUT2D eigenvalue weighted by Gasteiger charge is -2.35. The Morgan fingerprint density at radius 3 is 2.63 bits per heavy atom. The summed E-state index contributed by atoms with van der Waals surface area (Å²) in [5.41, 5.74) is 7.78. The molecule has 0 aliphatic heterocycles. The van der Waals surface area contributed by atoms with Gasteiger partial charge in [0.1, 0.15) is 0 Å². The highest BCUT2D eigenvalue weighted by atomic mass is 35.5. The predicted octanol–water partition coefficient (Wildman–Crippen LogP) is 4.01. The van der Waals surface area contributed by atoms with Gasteiger partial charge in [-0.1, -0.05) is 25.3 Å². The molecule has 2 aromatic rings. The van der Waals surface area contributed by atoms with Crippen LogP contribution in [0.2, 0.25) is 0 Å². The highest BCUT2D eigenvalue weighted by Gasteiger charge is 2.32. The van der Waals surface area contributed by atoms with Gasteiger partial charge in [-0.2, -0.15) is 0 Å². The van der Waals surface area contributed by atoms with Crippen molar-refractivity contribution in [3.63, 3.8) is 0 Å². The molecule has 0 unspecified atom stereocenters. The van der Waals surface area contributed by atoms with Gasteiger partial charge < -0.3 is 11.1 Å². The summed E-state index contributed by atoms with van der Waals surface area (Å²) >= 11 is 1.61. The summed E-state index contributed by atoms with van der Waals surface area (Å²) < 4.78 is 0. The second-order valence-corrected chi connectivity index (χ2v) is 7.83. The molecule has 0 saturated heterocycles. The molecule has 3 rings (SSSR count). The lowest BCUT2D eigenvalue weighted by molar-refractivity contribution is -0.123. The second-order valence-electron chi connectivity index (χ2n) is 6.88. The third-order valence-corrected chi connectivity index (χ3v) is 5.93. The summed E-state index contributed by atoms with van der Waals surface area (Å²) in [6.45, 7) is 1.23. The zero-order chi connectivity index (χ0) is 17.5. The fourth-order valence-electron chi connectivity index (χ4n) is 3.52. The first-order valence-corrected chi connectivity index (χ1v) is 9.91. The Balaban J connectivity index is 0.00000182. The largest absolute Gasteiger partial charge is 0.356 e. The number of hydrogen-bond donors (Lipinski definition) is 2. The van der Waals surface area contributed by atoms with E-state index in [9.17, 15) is 4.79 Å². The van der Waals surface area contributed by atoms with Gasteiger partial charge in [0.15, 0.2) is 0 Å². The van der Waals surface area contributed by atoms with E-state index in [-0.39, 0.29) is 36.1 Å². The molecule has 1 fully saturated rings. The maximum atomic E-state index is 12.3.